The van der Waals surface area contributed by atoms with Crippen molar-refractivity contribution in [2.24, 2.45) is 0 Å². The molecule has 0 unspecified atom stereocenters. The first kappa shape index (κ1) is 48.3. The third kappa shape index (κ3) is 39.0. The molecular weight excluding hydrogens is 656 g/mol. The highest BCUT2D eigenvalue weighted by Gasteiger charge is 2.19. The third-order valence-electron chi connectivity index (χ3n) is 9.76. The lowest BCUT2D eigenvalue weighted by molar-refractivity contribution is -0.909. The molecule has 0 radical (unpaired) electrons. The minimum atomic E-state index is 0. The summed E-state index contributed by atoms with van der Waals surface area (Å²) in [6.07, 6.45) is 42.1. The molecule has 0 bridgehead atoms. The molecule has 0 saturated heterocycles. The molecule has 0 aromatic carbocycles. The van der Waals surface area contributed by atoms with Gasteiger partial charge in [0.1, 0.15) is 0 Å². The Morgan fingerprint density at radius 3 is 0.605 bits per heavy atom. The minimum absolute atomic E-state index is 0. The number of hydrogen-bond donors (Lipinski definition) is 0. The van der Waals surface area contributed by atoms with Crippen LogP contribution in [0.25, 0.3) is 0 Å². The number of rotatable bonds is 34. The molecule has 0 aliphatic carbocycles. The van der Waals surface area contributed by atoms with Crippen molar-refractivity contribution in [1.29, 1.82) is 0 Å². The van der Waals surface area contributed by atoms with Crippen LogP contribution in [0.2, 0.25) is 0 Å². The van der Waals surface area contributed by atoms with Gasteiger partial charge in [0.25, 0.3) is 0 Å². The molecule has 0 aliphatic heterocycles. The van der Waals surface area contributed by atoms with E-state index < -0.39 is 0 Å². The Morgan fingerprint density at radius 1 is 0.233 bits per heavy atom. The molecule has 0 saturated carbocycles. The molecule has 0 atom stereocenters. The van der Waals surface area contributed by atoms with Gasteiger partial charge in [-0.2, -0.15) is 0 Å². The standard InChI is InChI=1S/C39H84N2.2BrH/c1-7-9-11-13-15-17-19-21-23-25-27-29-31-33-36-40(3,4)38-35-39-41(5,6)37-34-32-30-28-26-24-22-20-18-16-14-12-10-8-2;;/h7-39H2,1-6H3;2*1H/q+2;;/p-2. The first-order valence-electron chi connectivity index (χ1n) is 19.5. The van der Waals surface area contributed by atoms with Crippen LogP contribution in [0.1, 0.15) is 200 Å². The van der Waals surface area contributed by atoms with Crippen LogP contribution in [-0.4, -0.2) is 63.3 Å². The van der Waals surface area contributed by atoms with Crippen molar-refractivity contribution in [3.8, 4) is 0 Å². The summed E-state index contributed by atoms with van der Waals surface area (Å²) in [4.78, 5) is 0. The van der Waals surface area contributed by atoms with E-state index in [4.69, 9.17) is 0 Å². The van der Waals surface area contributed by atoms with Crippen molar-refractivity contribution in [3.63, 3.8) is 0 Å². The second-order valence-corrected chi connectivity index (χ2v) is 15.3. The van der Waals surface area contributed by atoms with Crippen LogP contribution in [0.15, 0.2) is 0 Å². The van der Waals surface area contributed by atoms with Crippen LogP contribution in [-0.2, 0) is 0 Å². The molecule has 0 rings (SSSR count). The van der Waals surface area contributed by atoms with E-state index in [9.17, 15) is 0 Å². The van der Waals surface area contributed by atoms with E-state index >= 15 is 0 Å². The highest BCUT2D eigenvalue weighted by molar-refractivity contribution is 4.51. The molecular formula is C39H84Br2N2. The monoisotopic (exact) mass is 739 g/mol. The Balaban J connectivity index is -0.00000800. The molecule has 0 amide bonds. The quantitative estimate of drug-likeness (QED) is 0.0523. The number of nitrogens with zero attached hydrogens (tertiary/aromatic N) is 2. The summed E-state index contributed by atoms with van der Waals surface area (Å²) in [5, 5.41) is 0. The number of halogens is 2. The molecule has 0 aliphatic rings. The highest BCUT2D eigenvalue weighted by Crippen LogP contribution is 2.16. The summed E-state index contributed by atoms with van der Waals surface area (Å²) in [5.41, 5.74) is 0. The zero-order chi connectivity index (χ0) is 30.3. The van der Waals surface area contributed by atoms with Crippen molar-refractivity contribution >= 4 is 0 Å². The Kier molecular flexibility index (Phi) is 40.1. The van der Waals surface area contributed by atoms with Crippen molar-refractivity contribution in [1.82, 2.24) is 0 Å². The maximum atomic E-state index is 2.47. The third-order valence-corrected chi connectivity index (χ3v) is 9.76. The van der Waals surface area contributed by atoms with Gasteiger partial charge in [0.2, 0.25) is 0 Å². The Labute approximate surface area is 296 Å². The van der Waals surface area contributed by atoms with Gasteiger partial charge in [-0.1, -0.05) is 168 Å². The molecule has 0 aromatic heterocycles. The lowest BCUT2D eigenvalue weighted by Crippen LogP contribution is -3.00. The van der Waals surface area contributed by atoms with Gasteiger partial charge in [-0.15, -0.1) is 0 Å². The molecule has 0 fully saturated rings. The second-order valence-electron chi connectivity index (χ2n) is 15.3. The Morgan fingerprint density at radius 2 is 0.395 bits per heavy atom. The van der Waals surface area contributed by atoms with Crippen molar-refractivity contribution in [2.75, 3.05) is 54.4 Å². The first-order valence-corrected chi connectivity index (χ1v) is 19.5. The van der Waals surface area contributed by atoms with E-state index in [1.54, 1.807) is 0 Å². The molecule has 0 aromatic rings. The number of hydrogen-bond acceptors (Lipinski definition) is 0. The Bertz CT molecular complexity index is 465. The molecule has 4 heteroatoms. The molecule has 43 heavy (non-hydrogen) atoms. The maximum absolute atomic E-state index is 2.47. The average molecular weight is 741 g/mol. The van der Waals surface area contributed by atoms with Crippen LogP contribution < -0.4 is 34.0 Å². The van der Waals surface area contributed by atoms with Crippen molar-refractivity contribution in [2.45, 2.75) is 200 Å². The lowest BCUT2D eigenvalue weighted by Gasteiger charge is -2.33. The highest BCUT2D eigenvalue weighted by atomic mass is 79.9. The molecule has 0 N–H and O–H groups in total. The van der Waals surface area contributed by atoms with Crippen LogP contribution in [0.5, 0.6) is 0 Å². The van der Waals surface area contributed by atoms with Gasteiger partial charge < -0.3 is 42.9 Å². The van der Waals surface area contributed by atoms with Gasteiger partial charge in [-0.05, 0) is 25.7 Å². The molecule has 264 valence electrons. The van der Waals surface area contributed by atoms with Gasteiger partial charge in [0, 0.05) is 6.42 Å². The van der Waals surface area contributed by atoms with Gasteiger partial charge in [-0.3, -0.25) is 0 Å². The molecule has 2 nitrogen and oxygen atoms in total. The summed E-state index contributed by atoms with van der Waals surface area (Å²) >= 11 is 0. The van der Waals surface area contributed by atoms with E-state index in [0.29, 0.717) is 0 Å². The average Bonchev–Trinajstić information content (AvgIpc) is 2.93. The predicted octanol–water partition coefficient (Wildman–Crippen LogP) is 6.50. The van der Waals surface area contributed by atoms with Crippen LogP contribution in [0, 0.1) is 0 Å². The second kappa shape index (κ2) is 35.7. The van der Waals surface area contributed by atoms with Gasteiger partial charge in [0.05, 0.1) is 54.4 Å². The predicted molar refractivity (Wildman–Crippen MR) is 189 cm³/mol. The normalized spacial score (nSPS) is 11.9. The topological polar surface area (TPSA) is 0 Å². The largest absolute Gasteiger partial charge is 1.00 e. The lowest BCUT2D eigenvalue weighted by atomic mass is 10.0. The Hall–Kier alpha value is 0.880. The van der Waals surface area contributed by atoms with Crippen LogP contribution in [0.3, 0.4) is 0 Å². The summed E-state index contributed by atoms with van der Waals surface area (Å²) < 4.78 is 2.44. The molecule has 0 heterocycles. The van der Waals surface area contributed by atoms with Gasteiger partial charge in [-0.25, -0.2) is 0 Å². The number of unbranched alkanes of at least 4 members (excludes halogenated alkanes) is 26. The first-order chi connectivity index (χ1) is 19.8. The summed E-state index contributed by atoms with van der Waals surface area (Å²) in [6.45, 7) is 10.0. The summed E-state index contributed by atoms with van der Waals surface area (Å²) in [6, 6.07) is 0. The summed E-state index contributed by atoms with van der Waals surface area (Å²) in [5.74, 6) is 0. The fourth-order valence-electron chi connectivity index (χ4n) is 6.62. The zero-order valence-electron chi connectivity index (χ0n) is 31.0. The van der Waals surface area contributed by atoms with E-state index in [2.05, 4.69) is 42.0 Å². The van der Waals surface area contributed by atoms with E-state index in [1.807, 2.05) is 0 Å². The van der Waals surface area contributed by atoms with Gasteiger partial charge in [0.15, 0.2) is 0 Å². The van der Waals surface area contributed by atoms with Crippen LogP contribution in [0.4, 0.5) is 0 Å². The fourth-order valence-corrected chi connectivity index (χ4v) is 6.62. The van der Waals surface area contributed by atoms with Gasteiger partial charge >= 0.3 is 0 Å². The summed E-state index contributed by atoms with van der Waals surface area (Å²) in [7, 11) is 9.87. The van der Waals surface area contributed by atoms with Crippen molar-refractivity contribution < 1.29 is 42.9 Å². The minimum Gasteiger partial charge on any atom is -1.00 e. The molecule has 0 spiro atoms. The van der Waals surface area contributed by atoms with Crippen molar-refractivity contribution in [3.05, 3.63) is 0 Å². The number of quaternary nitrogens is 2. The zero-order valence-corrected chi connectivity index (χ0v) is 34.2. The smallest absolute Gasteiger partial charge is 0.0836 e. The van der Waals surface area contributed by atoms with E-state index in [-0.39, 0.29) is 34.0 Å². The van der Waals surface area contributed by atoms with Crippen LogP contribution >= 0.6 is 0 Å². The van der Waals surface area contributed by atoms with E-state index in [1.165, 1.54) is 221 Å². The maximum Gasteiger partial charge on any atom is 0.0836 e. The fraction of sp³-hybridized carbons (Fsp3) is 1.00. The SMILES string of the molecule is CCCCCCCCCCCCCCCC[N+](C)(C)CCC[N+](C)(C)CCCCCCCCCCCCCCCC.[Br-].[Br-]. The van der Waals surface area contributed by atoms with E-state index in [0.717, 1.165) is 0 Å².